The quantitative estimate of drug-likeness (QED) is 0.907. The van der Waals surface area contributed by atoms with Crippen LogP contribution in [-0.4, -0.2) is 23.0 Å². The Bertz CT molecular complexity index is 755. The Morgan fingerprint density at radius 1 is 1.21 bits per heavy atom. The standard InChI is InChI=1S/C19H22N2O3/c1-13-11-17(22)15(12-20-13)19(23)21-16-9-5-6-10-18(16)24-14-7-3-2-4-8-14/h2-4,7-8,11-12,16,18H,5-6,9-10H2,1H3,(H,20,22)(H,21,23)/t16-,18+/m1/s1. The molecule has 1 heterocycles. The molecule has 0 saturated heterocycles. The highest BCUT2D eigenvalue weighted by Crippen LogP contribution is 2.24. The maximum Gasteiger partial charge on any atom is 0.257 e. The second kappa shape index (κ2) is 7.34. The van der Waals surface area contributed by atoms with Gasteiger partial charge in [-0.1, -0.05) is 24.6 Å². The Labute approximate surface area is 141 Å². The number of nitrogens with one attached hydrogen (secondary N) is 2. The summed E-state index contributed by atoms with van der Waals surface area (Å²) in [5.41, 5.74) is 0.615. The number of para-hydroxylation sites is 1. The molecule has 2 atom stereocenters. The van der Waals surface area contributed by atoms with E-state index in [2.05, 4.69) is 10.3 Å². The summed E-state index contributed by atoms with van der Waals surface area (Å²) in [5, 5.41) is 2.98. The van der Waals surface area contributed by atoms with Gasteiger partial charge < -0.3 is 15.0 Å². The molecule has 0 aliphatic heterocycles. The second-order valence-corrected chi connectivity index (χ2v) is 6.23. The van der Waals surface area contributed by atoms with Crippen LogP contribution >= 0.6 is 0 Å². The summed E-state index contributed by atoms with van der Waals surface area (Å²) in [5.74, 6) is 0.460. The minimum atomic E-state index is -0.343. The van der Waals surface area contributed by atoms with Crippen LogP contribution in [0.2, 0.25) is 0 Å². The molecule has 1 aromatic carbocycles. The molecule has 24 heavy (non-hydrogen) atoms. The van der Waals surface area contributed by atoms with Gasteiger partial charge in [0.2, 0.25) is 0 Å². The minimum Gasteiger partial charge on any atom is -0.488 e. The van der Waals surface area contributed by atoms with E-state index in [1.165, 1.54) is 12.3 Å². The number of aromatic amines is 1. The monoisotopic (exact) mass is 326 g/mol. The molecule has 126 valence electrons. The molecule has 5 nitrogen and oxygen atoms in total. The van der Waals surface area contributed by atoms with Gasteiger partial charge in [0.25, 0.3) is 5.91 Å². The van der Waals surface area contributed by atoms with E-state index in [1.807, 2.05) is 30.3 Å². The van der Waals surface area contributed by atoms with Crippen LogP contribution in [0, 0.1) is 6.92 Å². The van der Waals surface area contributed by atoms with Crippen LogP contribution in [0.4, 0.5) is 0 Å². The number of H-pyrrole nitrogens is 1. The Balaban J connectivity index is 1.71. The fraction of sp³-hybridized carbons (Fsp3) is 0.368. The molecular formula is C19H22N2O3. The van der Waals surface area contributed by atoms with E-state index < -0.39 is 0 Å². The van der Waals surface area contributed by atoms with Gasteiger partial charge >= 0.3 is 0 Å². The SMILES string of the molecule is Cc1cc(=O)c(C(=O)N[C@@H]2CCCC[C@@H]2Oc2ccccc2)c[nH]1. The third kappa shape index (κ3) is 3.85. The number of amides is 1. The molecule has 0 spiro atoms. The van der Waals surface area contributed by atoms with E-state index in [9.17, 15) is 9.59 Å². The first kappa shape index (κ1) is 16.3. The molecule has 1 amide bonds. The lowest BCUT2D eigenvalue weighted by Crippen LogP contribution is -2.48. The maximum absolute atomic E-state index is 12.5. The summed E-state index contributed by atoms with van der Waals surface area (Å²) >= 11 is 0. The Kier molecular flexibility index (Phi) is 4.99. The van der Waals surface area contributed by atoms with Gasteiger partial charge in [0, 0.05) is 18.0 Å². The van der Waals surface area contributed by atoms with Gasteiger partial charge in [-0.25, -0.2) is 0 Å². The summed E-state index contributed by atoms with van der Waals surface area (Å²) in [6, 6.07) is 11.0. The molecule has 0 unspecified atom stereocenters. The van der Waals surface area contributed by atoms with E-state index in [0.29, 0.717) is 0 Å². The van der Waals surface area contributed by atoms with Gasteiger partial charge in [-0.2, -0.15) is 0 Å². The number of hydrogen-bond donors (Lipinski definition) is 2. The third-order valence-corrected chi connectivity index (χ3v) is 4.35. The van der Waals surface area contributed by atoms with Gasteiger partial charge in [-0.3, -0.25) is 9.59 Å². The van der Waals surface area contributed by atoms with Gasteiger partial charge in [0.05, 0.1) is 6.04 Å². The normalized spacial score (nSPS) is 20.4. The number of carbonyl (C=O) groups excluding carboxylic acids is 1. The van der Waals surface area contributed by atoms with Crippen molar-refractivity contribution in [1.29, 1.82) is 0 Å². The van der Waals surface area contributed by atoms with E-state index >= 15 is 0 Å². The van der Waals surface area contributed by atoms with Crippen LogP contribution in [-0.2, 0) is 0 Å². The number of carbonyl (C=O) groups is 1. The lowest BCUT2D eigenvalue weighted by Gasteiger charge is -2.32. The van der Waals surface area contributed by atoms with Gasteiger partial charge in [-0.05, 0) is 38.3 Å². The number of pyridine rings is 1. The fourth-order valence-electron chi connectivity index (χ4n) is 3.07. The van der Waals surface area contributed by atoms with Crippen molar-refractivity contribution < 1.29 is 9.53 Å². The molecule has 0 radical (unpaired) electrons. The zero-order chi connectivity index (χ0) is 16.9. The number of aryl methyl sites for hydroxylation is 1. The summed E-state index contributed by atoms with van der Waals surface area (Å²) in [6.45, 7) is 1.79. The van der Waals surface area contributed by atoms with E-state index in [4.69, 9.17) is 4.74 Å². The molecule has 1 aromatic heterocycles. The first-order valence-corrected chi connectivity index (χ1v) is 8.35. The van der Waals surface area contributed by atoms with Crippen molar-refractivity contribution in [2.45, 2.75) is 44.8 Å². The summed E-state index contributed by atoms with van der Waals surface area (Å²) in [4.78, 5) is 27.4. The first-order valence-electron chi connectivity index (χ1n) is 8.35. The fourth-order valence-corrected chi connectivity index (χ4v) is 3.07. The molecule has 0 bridgehead atoms. The zero-order valence-corrected chi connectivity index (χ0v) is 13.7. The molecule has 5 heteroatoms. The van der Waals surface area contributed by atoms with E-state index in [0.717, 1.165) is 37.1 Å². The van der Waals surface area contributed by atoms with Crippen LogP contribution in [0.5, 0.6) is 5.75 Å². The maximum atomic E-state index is 12.5. The predicted molar refractivity (Wildman–Crippen MR) is 92.4 cm³/mol. The van der Waals surface area contributed by atoms with E-state index in [-0.39, 0.29) is 29.0 Å². The lowest BCUT2D eigenvalue weighted by atomic mass is 9.92. The molecule has 2 aromatic rings. The van der Waals surface area contributed by atoms with Gasteiger partial charge in [0.1, 0.15) is 17.4 Å². The largest absolute Gasteiger partial charge is 0.488 e. The van der Waals surface area contributed by atoms with Gasteiger partial charge in [-0.15, -0.1) is 0 Å². The number of hydrogen-bond acceptors (Lipinski definition) is 3. The average Bonchev–Trinajstić information content (AvgIpc) is 2.57. The predicted octanol–water partition coefficient (Wildman–Crippen LogP) is 2.80. The van der Waals surface area contributed by atoms with Crippen molar-refractivity contribution >= 4 is 5.91 Å². The third-order valence-electron chi connectivity index (χ3n) is 4.35. The van der Waals surface area contributed by atoms with Crippen molar-refractivity contribution in [2.75, 3.05) is 0 Å². The minimum absolute atomic E-state index is 0.0744. The highest BCUT2D eigenvalue weighted by atomic mass is 16.5. The smallest absolute Gasteiger partial charge is 0.257 e. The molecular weight excluding hydrogens is 304 g/mol. The molecule has 1 aliphatic carbocycles. The second-order valence-electron chi connectivity index (χ2n) is 6.23. The Hall–Kier alpha value is -2.56. The summed E-state index contributed by atoms with van der Waals surface area (Å²) < 4.78 is 6.05. The van der Waals surface area contributed by atoms with Crippen LogP contribution < -0.4 is 15.5 Å². The number of aromatic nitrogens is 1. The first-order chi connectivity index (χ1) is 11.6. The van der Waals surface area contributed by atoms with Crippen molar-refractivity contribution in [2.24, 2.45) is 0 Å². The zero-order valence-electron chi connectivity index (χ0n) is 13.7. The van der Waals surface area contributed by atoms with Crippen LogP contribution in [0.15, 0.2) is 47.4 Å². The molecule has 1 fully saturated rings. The topological polar surface area (TPSA) is 71.2 Å². The van der Waals surface area contributed by atoms with Crippen molar-refractivity contribution in [3.63, 3.8) is 0 Å². The highest BCUT2D eigenvalue weighted by molar-refractivity contribution is 5.94. The number of rotatable bonds is 4. The molecule has 1 saturated carbocycles. The van der Waals surface area contributed by atoms with Crippen LogP contribution in [0.1, 0.15) is 41.7 Å². The summed E-state index contributed by atoms with van der Waals surface area (Å²) in [7, 11) is 0. The van der Waals surface area contributed by atoms with Crippen LogP contribution in [0.3, 0.4) is 0 Å². The van der Waals surface area contributed by atoms with E-state index in [1.54, 1.807) is 6.92 Å². The number of ether oxygens (including phenoxy) is 1. The molecule has 2 N–H and O–H groups in total. The molecule has 3 rings (SSSR count). The highest BCUT2D eigenvalue weighted by Gasteiger charge is 2.29. The summed E-state index contributed by atoms with van der Waals surface area (Å²) in [6.07, 6.45) is 5.27. The van der Waals surface area contributed by atoms with Crippen molar-refractivity contribution in [1.82, 2.24) is 10.3 Å². The molecule has 1 aliphatic rings. The van der Waals surface area contributed by atoms with Crippen molar-refractivity contribution in [3.05, 3.63) is 64.1 Å². The lowest BCUT2D eigenvalue weighted by molar-refractivity contribution is 0.0796. The van der Waals surface area contributed by atoms with Crippen LogP contribution in [0.25, 0.3) is 0 Å². The van der Waals surface area contributed by atoms with Crippen molar-refractivity contribution in [3.8, 4) is 5.75 Å². The number of benzene rings is 1. The average molecular weight is 326 g/mol. The Morgan fingerprint density at radius 3 is 2.71 bits per heavy atom. The van der Waals surface area contributed by atoms with Gasteiger partial charge in [0.15, 0.2) is 5.43 Å². The Morgan fingerprint density at radius 2 is 1.96 bits per heavy atom.